The zero-order valence-electron chi connectivity index (χ0n) is 8.29. The van der Waals surface area contributed by atoms with Gasteiger partial charge in [-0.15, -0.1) is 6.58 Å². The lowest BCUT2D eigenvalue weighted by atomic mass is 10.2. The van der Waals surface area contributed by atoms with Crippen LogP contribution in [-0.4, -0.2) is 49.2 Å². The van der Waals surface area contributed by atoms with Gasteiger partial charge in [0.1, 0.15) is 0 Å². The smallest absolute Gasteiger partial charge is 0.317 e. The minimum Gasteiger partial charge on any atom is -0.480 e. The van der Waals surface area contributed by atoms with Gasteiger partial charge < -0.3 is 15.3 Å². The summed E-state index contributed by atoms with van der Waals surface area (Å²) < 4.78 is 0. The van der Waals surface area contributed by atoms with E-state index in [2.05, 4.69) is 16.8 Å². The largest absolute Gasteiger partial charge is 0.480 e. The molecule has 4 heteroatoms. The molecule has 0 radical (unpaired) electrons. The summed E-state index contributed by atoms with van der Waals surface area (Å²) in [5.74, 6) is -0.823. The highest BCUT2D eigenvalue weighted by Crippen LogP contribution is 1.98. The highest BCUT2D eigenvalue weighted by Gasteiger charge is 2.08. The maximum atomic E-state index is 10.2. The number of rotatable bonds is 7. The van der Waals surface area contributed by atoms with Crippen molar-refractivity contribution in [1.82, 2.24) is 10.2 Å². The van der Waals surface area contributed by atoms with Crippen molar-refractivity contribution in [2.45, 2.75) is 12.5 Å². The highest BCUT2D eigenvalue weighted by atomic mass is 16.4. The first kappa shape index (κ1) is 12.1. The Morgan fingerprint density at radius 2 is 2.31 bits per heavy atom. The summed E-state index contributed by atoms with van der Waals surface area (Å²) in [5.41, 5.74) is 0. The maximum Gasteiger partial charge on any atom is 0.317 e. The molecule has 0 aromatic rings. The lowest BCUT2D eigenvalue weighted by Gasteiger charge is -2.22. The van der Waals surface area contributed by atoms with E-state index in [9.17, 15) is 4.79 Å². The quantitative estimate of drug-likeness (QED) is 0.556. The molecule has 0 aliphatic rings. The van der Waals surface area contributed by atoms with E-state index in [1.807, 2.05) is 20.2 Å². The number of nitrogens with one attached hydrogen (secondary N) is 1. The summed E-state index contributed by atoms with van der Waals surface area (Å²) in [7, 11) is 3.94. The number of carbonyl (C=O) groups is 1. The van der Waals surface area contributed by atoms with E-state index in [4.69, 9.17) is 5.11 Å². The minimum absolute atomic E-state index is 0.0154. The van der Waals surface area contributed by atoms with Crippen LogP contribution in [0, 0.1) is 0 Å². The molecule has 2 N–H and O–H groups in total. The third-order valence-electron chi connectivity index (χ3n) is 1.83. The lowest BCUT2D eigenvalue weighted by molar-refractivity contribution is -0.136. The molecular formula is C9H18N2O2. The van der Waals surface area contributed by atoms with Crippen LogP contribution in [0.1, 0.15) is 6.42 Å². The van der Waals surface area contributed by atoms with Crippen LogP contribution in [0.4, 0.5) is 0 Å². The van der Waals surface area contributed by atoms with Gasteiger partial charge in [-0.1, -0.05) is 6.08 Å². The molecule has 0 aromatic heterocycles. The molecule has 0 aliphatic carbocycles. The van der Waals surface area contributed by atoms with Crippen LogP contribution >= 0.6 is 0 Å². The first-order valence-electron chi connectivity index (χ1n) is 4.27. The number of carboxylic acid groups (broad SMARTS) is 1. The van der Waals surface area contributed by atoms with Crippen LogP contribution in [0.15, 0.2) is 12.7 Å². The zero-order chi connectivity index (χ0) is 10.3. The van der Waals surface area contributed by atoms with E-state index in [0.717, 1.165) is 6.42 Å². The fraction of sp³-hybridized carbons (Fsp3) is 0.667. The van der Waals surface area contributed by atoms with Crippen LogP contribution in [0.5, 0.6) is 0 Å². The zero-order valence-corrected chi connectivity index (χ0v) is 8.29. The summed E-state index contributed by atoms with van der Waals surface area (Å²) in [6.07, 6.45) is 2.70. The molecule has 76 valence electrons. The standard InChI is InChI=1S/C9H18N2O2/c1-4-5-8(11(2)3)6-10-7-9(12)13/h4,8,10H,1,5-7H2,2-3H3,(H,12,13). The van der Waals surface area contributed by atoms with Gasteiger partial charge in [0.05, 0.1) is 6.54 Å². The number of likely N-dealkylation sites (N-methyl/N-ethyl adjacent to an activating group) is 1. The van der Waals surface area contributed by atoms with Gasteiger partial charge in [-0.3, -0.25) is 4.79 Å². The summed E-state index contributed by atoms with van der Waals surface area (Å²) >= 11 is 0. The van der Waals surface area contributed by atoms with E-state index in [1.165, 1.54) is 0 Å². The molecule has 0 spiro atoms. The van der Waals surface area contributed by atoms with Crippen LogP contribution in [0.3, 0.4) is 0 Å². The molecular weight excluding hydrogens is 168 g/mol. The second kappa shape index (κ2) is 6.62. The van der Waals surface area contributed by atoms with E-state index < -0.39 is 5.97 Å². The lowest BCUT2D eigenvalue weighted by Crippen LogP contribution is -2.39. The van der Waals surface area contributed by atoms with E-state index in [-0.39, 0.29) is 6.54 Å². The molecule has 1 atom stereocenters. The van der Waals surface area contributed by atoms with Crippen LogP contribution in [0.2, 0.25) is 0 Å². The molecule has 0 bridgehead atoms. The summed E-state index contributed by atoms with van der Waals surface area (Å²) in [4.78, 5) is 12.3. The maximum absolute atomic E-state index is 10.2. The second-order valence-corrected chi connectivity index (χ2v) is 3.17. The Morgan fingerprint density at radius 3 is 2.69 bits per heavy atom. The van der Waals surface area contributed by atoms with Crippen LogP contribution in [0.25, 0.3) is 0 Å². The fourth-order valence-electron chi connectivity index (χ4n) is 1.01. The second-order valence-electron chi connectivity index (χ2n) is 3.17. The Balaban J connectivity index is 3.68. The van der Waals surface area contributed by atoms with Crippen LogP contribution in [-0.2, 0) is 4.79 Å². The summed E-state index contributed by atoms with van der Waals surface area (Å²) in [5, 5.41) is 11.3. The molecule has 0 saturated carbocycles. The highest BCUT2D eigenvalue weighted by molar-refractivity contribution is 5.68. The molecule has 1 unspecified atom stereocenters. The molecule has 0 aromatic carbocycles. The van der Waals surface area contributed by atoms with Gasteiger partial charge in [0.2, 0.25) is 0 Å². The molecule has 0 saturated heterocycles. The third-order valence-corrected chi connectivity index (χ3v) is 1.83. The molecule has 0 rings (SSSR count). The van der Waals surface area contributed by atoms with Crippen molar-refractivity contribution < 1.29 is 9.90 Å². The van der Waals surface area contributed by atoms with Gasteiger partial charge in [0.25, 0.3) is 0 Å². The summed E-state index contributed by atoms with van der Waals surface area (Å²) in [6.45, 7) is 4.34. The van der Waals surface area contributed by atoms with Crippen molar-refractivity contribution in [2.75, 3.05) is 27.2 Å². The van der Waals surface area contributed by atoms with Crippen molar-refractivity contribution in [3.63, 3.8) is 0 Å². The van der Waals surface area contributed by atoms with Crippen LogP contribution < -0.4 is 5.32 Å². The Labute approximate surface area is 79.2 Å². The minimum atomic E-state index is -0.823. The summed E-state index contributed by atoms with van der Waals surface area (Å²) in [6, 6.07) is 0.317. The third kappa shape index (κ3) is 6.31. The van der Waals surface area contributed by atoms with Gasteiger partial charge in [-0.05, 0) is 20.5 Å². The predicted molar refractivity (Wildman–Crippen MR) is 52.8 cm³/mol. The van der Waals surface area contributed by atoms with E-state index in [1.54, 1.807) is 0 Å². The number of hydrogen-bond donors (Lipinski definition) is 2. The van der Waals surface area contributed by atoms with Gasteiger partial charge in [0.15, 0.2) is 0 Å². The van der Waals surface area contributed by atoms with Crippen molar-refractivity contribution >= 4 is 5.97 Å². The van der Waals surface area contributed by atoms with Gasteiger partial charge in [-0.25, -0.2) is 0 Å². The van der Waals surface area contributed by atoms with E-state index >= 15 is 0 Å². The first-order chi connectivity index (χ1) is 6.07. The van der Waals surface area contributed by atoms with Crippen molar-refractivity contribution in [1.29, 1.82) is 0 Å². The van der Waals surface area contributed by atoms with Crippen molar-refractivity contribution in [3.05, 3.63) is 12.7 Å². The molecule has 13 heavy (non-hydrogen) atoms. The Hall–Kier alpha value is -0.870. The molecule has 0 heterocycles. The van der Waals surface area contributed by atoms with Gasteiger partial charge in [-0.2, -0.15) is 0 Å². The predicted octanol–water partition coefficient (Wildman–Crippen LogP) is 0.167. The first-order valence-corrected chi connectivity index (χ1v) is 4.27. The molecule has 0 amide bonds. The Morgan fingerprint density at radius 1 is 1.69 bits per heavy atom. The van der Waals surface area contributed by atoms with E-state index in [0.29, 0.717) is 12.6 Å². The van der Waals surface area contributed by atoms with Crippen molar-refractivity contribution in [2.24, 2.45) is 0 Å². The Bertz CT molecular complexity index is 169. The number of hydrogen-bond acceptors (Lipinski definition) is 3. The average Bonchev–Trinajstić information content (AvgIpc) is 2.02. The van der Waals surface area contributed by atoms with Gasteiger partial charge in [0, 0.05) is 12.6 Å². The monoisotopic (exact) mass is 186 g/mol. The average molecular weight is 186 g/mol. The SMILES string of the molecule is C=CCC(CNCC(=O)O)N(C)C. The number of aliphatic carboxylic acids is 1. The fourth-order valence-corrected chi connectivity index (χ4v) is 1.01. The Kier molecular flexibility index (Phi) is 6.18. The normalized spacial score (nSPS) is 12.8. The topological polar surface area (TPSA) is 52.6 Å². The molecule has 0 aliphatic heterocycles. The molecule has 0 fully saturated rings. The van der Waals surface area contributed by atoms with Gasteiger partial charge >= 0.3 is 5.97 Å². The number of carboxylic acids is 1. The molecule has 4 nitrogen and oxygen atoms in total. The van der Waals surface area contributed by atoms with Crippen molar-refractivity contribution in [3.8, 4) is 0 Å². The number of nitrogens with zero attached hydrogens (tertiary/aromatic N) is 1.